The maximum Gasteiger partial charge on any atom is 0.154 e. The van der Waals surface area contributed by atoms with E-state index >= 15 is 0 Å². The van der Waals surface area contributed by atoms with Gasteiger partial charge in [-0.2, -0.15) is 0 Å². The second-order valence-corrected chi connectivity index (χ2v) is 35.1. The van der Waals surface area contributed by atoms with Crippen molar-refractivity contribution in [2.45, 2.75) is 191 Å². The van der Waals surface area contributed by atoms with Crippen molar-refractivity contribution >= 4 is 44.2 Å². The number of hydrogen-bond acceptors (Lipinski definition) is 3. The van der Waals surface area contributed by atoms with Crippen molar-refractivity contribution in [3.63, 3.8) is 0 Å². The molecule has 11 aliphatic carbocycles. The molecule has 0 amide bonds. The van der Waals surface area contributed by atoms with Crippen molar-refractivity contribution in [1.82, 2.24) is 4.90 Å². The van der Waals surface area contributed by atoms with Gasteiger partial charge in [-0.05, 0) is 277 Å². The van der Waals surface area contributed by atoms with Crippen molar-refractivity contribution < 1.29 is 0 Å². The quantitative estimate of drug-likeness (QED) is 0.109. The van der Waals surface area contributed by atoms with Gasteiger partial charge in [0.05, 0.1) is 6.04 Å². The Bertz CT molecular complexity index is 4170. The largest absolute Gasteiger partial charge is 0.364 e. The molecule has 0 N–H and O–H groups in total. The van der Waals surface area contributed by atoms with E-state index in [0.717, 1.165) is 44.4 Å². The molecule has 19 rings (SSSR count). The zero-order chi connectivity index (χ0) is 63.9. The third-order valence-electron chi connectivity index (χ3n) is 27.6. The van der Waals surface area contributed by atoms with E-state index in [2.05, 4.69) is 241 Å². The summed E-state index contributed by atoms with van der Waals surface area (Å²) in [4.78, 5) is 6.40. The lowest BCUT2D eigenvalue weighted by atomic mass is 9.41. The smallest absolute Gasteiger partial charge is 0.154 e. The van der Waals surface area contributed by atoms with Crippen molar-refractivity contribution in [3.05, 3.63) is 290 Å². The van der Waals surface area contributed by atoms with E-state index in [0.29, 0.717) is 99.1 Å². The van der Waals surface area contributed by atoms with Crippen LogP contribution in [0.15, 0.2) is 278 Å². The van der Waals surface area contributed by atoms with Gasteiger partial charge >= 0.3 is 0 Å². The molecular weight excluding hydrogens is 1200 g/mol. The molecule has 15 aliphatic rings. The molecule has 0 spiro atoms. The normalized spacial score (nSPS) is 34.9. The number of rotatable bonds is 11. The summed E-state index contributed by atoms with van der Waals surface area (Å²) in [7, 11) is 2.56. The molecule has 0 bridgehead atoms. The highest BCUT2D eigenvalue weighted by Gasteiger charge is 2.59. The Balaban J connectivity index is 0.842. The maximum atomic E-state index is 3.26. The topological polar surface area (TPSA) is 3.24 Å². The van der Waals surface area contributed by atoms with Gasteiger partial charge in [-0.25, -0.2) is 0 Å². The van der Waals surface area contributed by atoms with Crippen molar-refractivity contribution in [1.29, 1.82) is 0 Å². The number of allylic oxidation sites excluding steroid dienone is 26. The first-order chi connectivity index (χ1) is 48.1. The van der Waals surface area contributed by atoms with Crippen LogP contribution in [0.5, 0.6) is 0 Å². The van der Waals surface area contributed by atoms with Gasteiger partial charge in [0.1, 0.15) is 7.28 Å². The SMILES string of the molecule is B1C2C3=C(CC4C5BC6Sc7ccccc7C6C(Cc6ccccc6)C6=C5C(=CC(/C(=C/c5ccccc5)C5=CC=CCC5)C6)C(C5C=CCCC5)C4C3)C(C3CCCCC3)CC3=CC(C(C4=CCCC=C4)C4C=CC=CC4)CC(=C32)N(C2CC=CCC2)C2c3ccccc3SC12. The fraction of sp³-hybridized carbons (Fsp3) is 0.435. The maximum absolute atomic E-state index is 3.26. The first kappa shape index (κ1) is 61.9. The van der Waals surface area contributed by atoms with E-state index in [4.69, 9.17) is 0 Å². The second-order valence-electron chi connectivity index (χ2n) is 32.6. The predicted octanol–water partition coefficient (Wildman–Crippen LogP) is 22.9. The van der Waals surface area contributed by atoms with Gasteiger partial charge in [-0.1, -0.05) is 236 Å². The summed E-state index contributed by atoms with van der Waals surface area (Å²) in [5.74, 6) is 7.23. The molecule has 2 fully saturated rings. The van der Waals surface area contributed by atoms with Gasteiger partial charge in [-0.3, -0.25) is 0 Å². The fourth-order valence-electron chi connectivity index (χ4n) is 23.8. The Morgan fingerprint density at radius 1 is 0.588 bits per heavy atom. The average molecular weight is 1300 g/mol. The van der Waals surface area contributed by atoms with Crippen LogP contribution in [0.2, 0.25) is 11.6 Å². The highest BCUT2D eigenvalue weighted by atomic mass is 32.2. The van der Waals surface area contributed by atoms with E-state index in [-0.39, 0.29) is 0 Å². The van der Waals surface area contributed by atoms with Crippen LogP contribution in [0.4, 0.5) is 0 Å². The van der Waals surface area contributed by atoms with Crippen LogP contribution in [0, 0.1) is 65.1 Å². The summed E-state index contributed by atoms with van der Waals surface area (Å²) in [5.41, 5.74) is 26.1. The minimum Gasteiger partial charge on any atom is -0.364 e. The van der Waals surface area contributed by atoms with E-state index < -0.39 is 0 Å². The zero-order valence-corrected chi connectivity index (χ0v) is 59.0. The molecule has 97 heavy (non-hydrogen) atoms. The van der Waals surface area contributed by atoms with Gasteiger partial charge < -0.3 is 4.90 Å². The van der Waals surface area contributed by atoms with Crippen LogP contribution in [-0.4, -0.2) is 35.8 Å². The molecule has 4 aromatic rings. The number of nitrogens with zero attached hydrogens (tertiary/aromatic N) is 1. The van der Waals surface area contributed by atoms with Crippen LogP contribution < -0.4 is 0 Å². The Morgan fingerprint density at radius 2 is 1.41 bits per heavy atom. The van der Waals surface area contributed by atoms with Gasteiger partial charge in [-0.15, -0.1) is 23.5 Å². The van der Waals surface area contributed by atoms with Gasteiger partial charge in [0.15, 0.2) is 7.28 Å². The summed E-state index contributed by atoms with van der Waals surface area (Å²) >= 11 is 4.62. The monoisotopic (exact) mass is 1300 g/mol. The third-order valence-corrected chi connectivity index (χ3v) is 30.4. The second kappa shape index (κ2) is 26.8. The Morgan fingerprint density at radius 3 is 2.21 bits per heavy atom. The summed E-state index contributed by atoms with van der Waals surface area (Å²) < 4.78 is 0. The molecule has 0 aromatic heterocycles. The summed E-state index contributed by atoms with van der Waals surface area (Å²) in [5, 5.41) is 1.05. The highest BCUT2D eigenvalue weighted by molar-refractivity contribution is 8.01. The molecule has 2 saturated carbocycles. The molecule has 0 radical (unpaired) electrons. The number of hydrogen-bond donors (Lipinski definition) is 0. The van der Waals surface area contributed by atoms with Gasteiger partial charge in [0.25, 0.3) is 0 Å². The van der Waals surface area contributed by atoms with Crippen LogP contribution in [0.3, 0.4) is 0 Å². The average Bonchev–Trinajstić information content (AvgIpc) is 1.67. The summed E-state index contributed by atoms with van der Waals surface area (Å²) in [6.07, 6.45) is 72.0. The molecule has 0 saturated heterocycles. The predicted molar refractivity (Wildman–Crippen MR) is 413 cm³/mol. The molecule has 17 atom stereocenters. The fourth-order valence-corrected chi connectivity index (χ4v) is 26.9. The van der Waals surface area contributed by atoms with Crippen molar-refractivity contribution in [3.8, 4) is 0 Å². The van der Waals surface area contributed by atoms with E-state index in [1.54, 1.807) is 43.3 Å². The lowest BCUT2D eigenvalue weighted by Gasteiger charge is -2.55. The number of fused-ring (bicyclic) bond motifs is 9. The molecule has 4 aromatic carbocycles. The van der Waals surface area contributed by atoms with E-state index in [1.807, 2.05) is 39.0 Å². The first-order valence-corrected chi connectivity index (χ1v) is 41.0. The molecule has 17 unspecified atom stereocenters. The lowest BCUT2D eigenvalue weighted by molar-refractivity contribution is 0.154. The molecule has 4 heterocycles. The van der Waals surface area contributed by atoms with Crippen molar-refractivity contribution in [2.75, 3.05) is 0 Å². The number of benzene rings is 4. The Hall–Kier alpha value is -6.13. The summed E-state index contributed by atoms with van der Waals surface area (Å²) in [6.45, 7) is 0. The van der Waals surface area contributed by atoms with E-state index in [1.165, 1.54) is 128 Å². The van der Waals surface area contributed by atoms with Crippen LogP contribution in [-0.2, 0) is 6.42 Å². The molecule has 4 aliphatic heterocycles. The molecule has 490 valence electrons. The minimum absolute atomic E-state index is 0.310. The molecular formula is C92H99B2NS2. The summed E-state index contributed by atoms with van der Waals surface area (Å²) in [6, 6.07) is 44.1. The van der Waals surface area contributed by atoms with Crippen molar-refractivity contribution in [2.24, 2.45) is 65.1 Å². The molecule has 5 heteroatoms. The standard InChI is InChI=1S/C92H99B2NS2/c1-9-29-58(30-10-1)49-71(60-33-13-3-14-34-60)65-52-75-74(50-59-31-11-2-12-32-59)87-69-45-25-27-47-81(69)96-91(87)93-89-78-56-73-72(61-35-15-4-16-36-61)54-66-51-67(83(62-37-17-5-18-38-62)63-39-19-6-20-40-63)55-80-85(66)88(77(73)57-76(78)84(79(53-65)86(75)89)64-41-21-7-22-42-64)94-92-90(70-46-26-28-48-82(70)97-92)95(80)68-43-23-8-24-44-68/h1-3,5,8-13,17-19,21,23,25-33,37,39-41,45-49,51,53,61-62,64-65,67-68,72,74,76,78,83-84,87-94H,4,6-7,14-16,20,22,24,34-36,38,42-44,50,52,54-57H2/b71-49+. The Kier molecular flexibility index (Phi) is 17.1. The van der Waals surface area contributed by atoms with Gasteiger partial charge in [0.2, 0.25) is 0 Å². The van der Waals surface area contributed by atoms with Crippen LogP contribution >= 0.6 is 23.5 Å². The number of thioether (sulfide) groups is 2. The lowest BCUT2D eigenvalue weighted by Crippen LogP contribution is -2.45. The highest BCUT2D eigenvalue weighted by Crippen LogP contribution is 2.70. The van der Waals surface area contributed by atoms with Gasteiger partial charge in [0, 0.05) is 32.6 Å². The van der Waals surface area contributed by atoms with E-state index in [9.17, 15) is 0 Å². The third kappa shape index (κ3) is 11.3. The van der Waals surface area contributed by atoms with Crippen LogP contribution in [0.25, 0.3) is 6.08 Å². The van der Waals surface area contributed by atoms with Crippen LogP contribution in [0.1, 0.15) is 169 Å². The zero-order valence-electron chi connectivity index (χ0n) is 57.3. The minimum atomic E-state index is 0.310. The molecule has 1 nitrogen and oxygen atoms in total. The Labute approximate surface area is 591 Å². The first-order valence-electron chi connectivity index (χ1n) is 39.2.